The fourth-order valence-electron chi connectivity index (χ4n) is 5.44. The van der Waals surface area contributed by atoms with E-state index in [1.54, 1.807) is 6.92 Å². The quantitative estimate of drug-likeness (QED) is 0.451. The van der Waals surface area contributed by atoms with E-state index in [0.717, 1.165) is 12.8 Å². The van der Waals surface area contributed by atoms with Gasteiger partial charge in [-0.3, -0.25) is 0 Å². The predicted molar refractivity (Wildman–Crippen MR) is 93.4 cm³/mol. The highest BCUT2D eigenvalue weighted by Gasteiger charge is 2.81. The maximum atomic E-state index is 12.5. The first-order valence-electron chi connectivity index (χ1n) is 9.34. The molecule has 27 heavy (non-hydrogen) atoms. The van der Waals surface area contributed by atoms with Crippen LogP contribution in [0.4, 0.5) is 0 Å². The van der Waals surface area contributed by atoms with Crippen LogP contribution in [0.15, 0.2) is 23.3 Å². The monoisotopic (exact) mass is 378 g/mol. The number of epoxide rings is 1. The van der Waals surface area contributed by atoms with Gasteiger partial charge >= 0.3 is 11.9 Å². The molecule has 0 aromatic carbocycles. The third-order valence-corrected chi connectivity index (χ3v) is 7.33. The van der Waals surface area contributed by atoms with Gasteiger partial charge in [-0.25, -0.2) is 9.59 Å². The van der Waals surface area contributed by atoms with E-state index < -0.39 is 41.5 Å². The fourth-order valence-corrected chi connectivity index (χ4v) is 5.44. The molecule has 0 amide bonds. The number of methoxy groups -OCH3 is 1. The summed E-state index contributed by atoms with van der Waals surface area (Å²) in [5.74, 6) is -2.28. The summed E-state index contributed by atoms with van der Waals surface area (Å²) >= 11 is 0. The molecule has 3 fully saturated rings. The molecule has 0 radical (unpaired) electrons. The number of carbonyl (C=O) groups excluding carboxylic acids is 2. The SMILES string of the molecule is C=C(CO)C(=O)OC1C2=C(C)C(=O)OC2(OC)CC23OC2CCC(C)C13C. The lowest BCUT2D eigenvalue weighted by molar-refractivity contribution is -0.236. The van der Waals surface area contributed by atoms with Gasteiger partial charge in [0.1, 0.15) is 11.7 Å². The molecule has 6 unspecified atom stereocenters. The summed E-state index contributed by atoms with van der Waals surface area (Å²) in [5, 5.41) is 9.28. The van der Waals surface area contributed by atoms with Crippen LogP contribution in [-0.2, 0) is 28.5 Å². The Kier molecular flexibility index (Phi) is 3.91. The van der Waals surface area contributed by atoms with Crippen molar-refractivity contribution in [2.45, 2.75) is 63.6 Å². The van der Waals surface area contributed by atoms with Crippen molar-refractivity contribution in [3.63, 3.8) is 0 Å². The second-order valence-corrected chi connectivity index (χ2v) is 8.37. The van der Waals surface area contributed by atoms with Gasteiger partial charge in [-0.15, -0.1) is 0 Å². The van der Waals surface area contributed by atoms with Gasteiger partial charge in [0.2, 0.25) is 5.79 Å². The van der Waals surface area contributed by atoms with Crippen molar-refractivity contribution >= 4 is 11.9 Å². The first kappa shape index (κ1) is 18.7. The molecule has 7 nitrogen and oxygen atoms in total. The number of rotatable bonds is 4. The molecule has 2 heterocycles. The molecule has 6 atom stereocenters. The minimum atomic E-state index is -1.29. The van der Waals surface area contributed by atoms with Gasteiger partial charge in [-0.05, 0) is 25.7 Å². The van der Waals surface area contributed by atoms with Crippen LogP contribution in [0.25, 0.3) is 0 Å². The smallest absolute Gasteiger partial charge is 0.336 e. The molecule has 2 saturated carbocycles. The molecule has 4 aliphatic rings. The number of hydrogen-bond donors (Lipinski definition) is 1. The summed E-state index contributed by atoms with van der Waals surface area (Å²) in [6, 6.07) is 0. The average Bonchev–Trinajstić information content (AvgIpc) is 3.30. The van der Waals surface area contributed by atoms with Crippen molar-refractivity contribution in [2.24, 2.45) is 11.3 Å². The van der Waals surface area contributed by atoms with Gasteiger partial charge in [-0.2, -0.15) is 0 Å². The Morgan fingerprint density at radius 1 is 1.41 bits per heavy atom. The maximum absolute atomic E-state index is 12.5. The number of fused-ring (bicyclic) bond motifs is 1. The van der Waals surface area contributed by atoms with Crippen LogP contribution in [0.3, 0.4) is 0 Å². The van der Waals surface area contributed by atoms with Gasteiger partial charge in [0.15, 0.2) is 0 Å². The second kappa shape index (κ2) is 5.65. The van der Waals surface area contributed by atoms with Gasteiger partial charge in [-0.1, -0.05) is 20.4 Å². The van der Waals surface area contributed by atoms with Crippen LogP contribution in [0.2, 0.25) is 0 Å². The Bertz CT molecular complexity index is 770. The van der Waals surface area contributed by atoms with Gasteiger partial charge in [0, 0.05) is 18.1 Å². The summed E-state index contributed by atoms with van der Waals surface area (Å²) in [4.78, 5) is 25.0. The van der Waals surface area contributed by atoms with Crippen LogP contribution in [-0.4, -0.2) is 54.4 Å². The van der Waals surface area contributed by atoms with E-state index >= 15 is 0 Å². The molecule has 148 valence electrons. The molecular formula is C20H26O7. The highest BCUT2D eigenvalue weighted by atomic mass is 16.7. The number of aliphatic hydroxyl groups is 1. The van der Waals surface area contributed by atoms with Crippen molar-refractivity contribution in [1.29, 1.82) is 0 Å². The van der Waals surface area contributed by atoms with Gasteiger partial charge < -0.3 is 24.1 Å². The number of esters is 2. The summed E-state index contributed by atoms with van der Waals surface area (Å²) < 4.78 is 23.5. The van der Waals surface area contributed by atoms with Crippen molar-refractivity contribution in [3.05, 3.63) is 23.3 Å². The van der Waals surface area contributed by atoms with E-state index in [4.69, 9.17) is 18.9 Å². The van der Waals surface area contributed by atoms with Gasteiger partial charge in [0.25, 0.3) is 0 Å². The predicted octanol–water partition coefficient (Wildman–Crippen LogP) is 1.64. The number of aliphatic hydroxyl groups excluding tert-OH is 1. The Morgan fingerprint density at radius 3 is 2.74 bits per heavy atom. The zero-order valence-electron chi connectivity index (χ0n) is 16.2. The topological polar surface area (TPSA) is 94.6 Å². The summed E-state index contributed by atoms with van der Waals surface area (Å²) in [7, 11) is 1.49. The lowest BCUT2D eigenvalue weighted by Gasteiger charge is -2.55. The van der Waals surface area contributed by atoms with Crippen LogP contribution < -0.4 is 0 Å². The second-order valence-electron chi connectivity index (χ2n) is 8.37. The molecule has 0 bridgehead atoms. The highest BCUT2D eigenvalue weighted by Crippen LogP contribution is 2.71. The minimum absolute atomic E-state index is 0.0223. The standard InChI is InChI=1S/C20H26O7/c1-10(8-21)16(22)25-15-14-12(3)17(23)27-20(14,24-5)9-19-13(26-19)7-6-11(2)18(15,19)4/h11,13,15,21H,1,6-9H2,2-5H3. The first-order valence-corrected chi connectivity index (χ1v) is 9.34. The van der Waals surface area contributed by atoms with Crippen LogP contribution >= 0.6 is 0 Å². The van der Waals surface area contributed by atoms with E-state index in [2.05, 4.69) is 20.4 Å². The Hall–Kier alpha value is -1.70. The largest absolute Gasteiger partial charge is 0.453 e. The molecule has 1 N–H and O–H groups in total. The number of carbonyl (C=O) groups is 2. The summed E-state index contributed by atoms with van der Waals surface area (Å²) in [6.45, 7) is 8.91. The minimum Gasteiger partial charge on any atom is -0.453 e. The molecule has 0 aromatic rings. The number of ether oxygens (including phenoxy) is 4. The molecule has 2 aliphatic carbocycles. The van der Waals surface area contributed by atoms with Crippen LogP contribution in [0.1, 0.15) is 40.0 Å². The molecule has 7 heteroatoms. The molecule has 4 rings (SSSR count). The third-order valence-electron chi connectivity index (χ3n) is 7.33. The normalized spacial score (nSPS) is 44.8. The van der Waals surface area contributed by atoms with Crippen molar-refractivity contribution in [3.8, 4) is 0 Å². The lowest BCUT2D eigenvalue weighted by Crippen LogP contribution is -2.65. The lowest BCUT2D eigenvalue weighted by atomic mass is 9.51. The molecule has 1 spiro atoms. The van der Waals surface area contributed by atoms with E-state index in [1.807, 2.05) is 0 Å². The fraction of sp³-hybridized carbons (Fsp3) is 0.700. The van der Waals surface area contributed by atoms with Gasteiger partial charge in [0.05, 0.1) is 30.3 Å². The third kappa shape index (κ3) is 2.13. The number of hydrogen-bond acceptors (Lipinski definition) is 7. The van der Waals surface area contributed by atoms with Crippen molar-refractivity contribution < 1.29 is 33.6 Å². The summed E-state index contributed by atoms with van der Waals surface area (Å²) in [6.07, 6.45) is 1.48. The molecular weight excluding hydrogens is 352 g/mol. The van der Waals surface area contributed by atoms with E-state index in [1.165, 1.54) is 7.11 Å². The molecule has 1 saturated heterocycles. The molecule has 0 aromatic heterocycles. The first-order chi connectivity index (χ1) is 12.7. The van der Waals surface area contributed by atoms with E-state index in [-0.39, 0.29) is 17.6 Å². The van der Waals surface area contributed by atoms with Crippen molar-refractivity contribution in [1.82, 2.24) is 0 Å². The van der Waals surface area contributed by atoms with Crippen LogP contribution in [0.5, 0.6) is 0 Å². The van der Waals surface area contributed by atoms with Crippen LogP contribution in [0, 0.1) is 11.3 Å². The Morgan fingerprint density at radius 2 is 2.11 bits per heavy atom. The zero-order valence-corrected chi connectivity index (χ0v) is 16.2. The Labute approximate surface area is 158 Å². The zero-order chi connectivity index (χ0) is 19.8. The van der Waals surface area contributed by atoms with E-state index in [0.29, 0.717) is 17.6 Å². The Balaban J connectivity index is 1.87. The van der Waals surface area contributed by atoms with E-state index in [9.17, 15) is 14.7 Å². The van der Waals surface area contributed by atoms with Crippen molar-refractivity contribution in [2.75, 3.05) is 13.7 Å². The maximum Gasteiger partial charge on any atom is 0.336 e. The summed E-state index contributed by atoms with van der Waals surface area (Å²) in [5.41, 5.74) is -0.226. The molecule has 2 aliphatic heterocycles. The highest BCUT2D eigenvalue weighted by molar-refractivity contribution is 5.93. The average molecular weight is 378 g/mol.